The number of hydrogen-bond acceptors (Lipinski definition) is 4. The third-order valence-corrected chi connectivity index (χ3v) is 3.23. The molecule has 1 saturated heterocycles. The Hall–Kier alpha value is -0.610. The van der Waals surface area contributed by atoms with Crippen LogP contribution in [-0.4, -0.2) is 48.7 Å². The van der Waals surface area contributed by atoms with Crippen LogP contribution in [0.15, 0.2) is 5.16 Å². The molecule has 1 fully saturated rings. The highest BCUT2D eigenvalue weighted by atomic mass is 16.5. The molecule has 1 N–H and O–H groups in total. The third-order valence-electron chi connectivity index (χ3n) is 3.23. The second-order valence-corrected chi connectivity index (χ2v) is 4.25. The number of hydrogen-bond donors (Lipinski definition) is 1. The van der Waals surface area contributed by atoms with Crippen molar-refractivity contribution in [3.8, 4) is 0 Å². The number of methoxy groups -OCH3 is 1. The largest absolute Gasteiger partial charge is 0.411 e. The molecule has 4 nitrogen and oxygen atoms in total. The van der Waals surface area contributed by atoms with E-state index in [9.17, 15) is 0 Å². The minimum absolute atomic E-state index is 0.406. The van der Waals surface area contributed by atoms with Gasteiger partial charge >= 0.3 is 0 Å². The number of ether oxygens (including phenoxy) is 1. The number of nitrogens with zero attached hydrogens (tertiary/aromatic N) is 2. The summed E-state index contributed by atoms with van der Waals surface area (Å²) in [5.41, 5.74) is 0.957. The first kappa shape index (κ1) is 12.5. The molecule has 15 heavy (non-hydrogen) atoms. The van der Waals surface area contributed by atoms with E-state index in [4.69, 9.17) is 9.94 Å². The van der Waals surface area contributed by atoms with Gasteiger partial charge in [-0.25, -0.2) is 0 Å². The molecule has 0 spiro atoms. The summed E-state index contributed by atoms with van der Waals surface area (Å²) >= 11 is 0. The van der Waals surface area contributed by atoms with Crippen LogP contribution in [0, 0.1) is 5.92 Å². The van der Waals surface area contributed by atoms with E-state index < -0.39 is 0 Å². The number of rotatable bonds is 4. The minimum atomic E-state index is 0.406. The Labute approximate surface area is 91.9 Å². The van der Waals surface area contributed by atoms with Crippen molar-refractivity contribution < 1.29 is 9.94 Å². The zero-order valence-electron chi connectivity index (χ0n) is 9.94. The first-order valence-corrected chi connectivity index (χ1v) is 5.66. The van der Waals surface area contributed by atoms with E-state index in [0.29, 0.717) is 12.0 Å². The van der Waals surface area contributed by atoms with Gasteiger partial charge in [0.25, 0.3) is 0 Å². The summed E-state index contributed by atoms with van der Waals surface area (Å²) in [5.74, 6) is 0.406. The van der Waals surface area contributed by atoms with E-state index in [-0.39, 0.29) is 0 Å². The Balaban J connectivity index is 2.52. The smallest absolute Gasteiger partial charge is 0.0627 e. The molecule has 1 rings (SSSR count). The lowest BCUT2D eigenvalue weighted by molar-refractivity contribution is 0.0882. The number of likely N-dealkylation sites (tertiary alicyclic amines) is 1. The van der Waals surface area contributed by atoms with E-state index in [2.05, 4.69) is 23.9 Å². The lowest BCUT2D eigenvalue weighted by Crippen LogP contribution is -2.46. The van der Waals surface area contributed by atoms with Crippen molar-refractivity contribution in [2.24, 2.45) is 11.1 Å². The van der Waals surface area contributed by atoms with Crippen molar-refractivity contribution in [1.82, 2.24) is 4.90 Å². The molecule has 4 heteroatoms. The van der Waals surface area contributed by atoms with E-state index in [1.807, 2.05) is 0 Å². The van der Waals surface area contributed by atoms with Crippen LogP contribution in [0.25, 0.3) is 0 Å². The topological polar surface area (TPSA) is 45.1 Å². The van der Waals surface area contributed by atoms with Crippen molar-refractivity contribution >= 4 is 5.71 Å². The molecule has 0 aromatic heterocycles. The van der Waals surface area contributed by atoms with Gasteiger partial charge < -0.3 is 9.94 Å². The molecule has 1 aliphatic rings. The van der Waals surface area contributed by atoms with E-state index >= 15 is 0 Å². The normalized spacial score (nSPS) is 28.2. The van der Waals surface area contributed by atoms with Gasteiger partial charge in [0.2, 0.25) is 0 Å². The molecule has 0 aliphatic carbocycles. The standard InChI is InChI=1S/C11H22N2O2/c1-4-10-7-13(9(2)8-15-3)6-5-11(10)12-14/h9-10,14H,4-8H2,1-3H3. The molecule has 0 radical (unpaired) electrons. The van der Waals surface area contributed by atoms with Gasteiger partial charge in [0.15, 0.2) is 0 Å². The second-order valence-electron chi connectivity index (χ2n) is 4.25. The lowest BCUT2D eigenvalue weighted by Gasteiger charge is -2.36. The predicted molar refractivity (Wildman–Crippen MR) is 60.5 cm³/mol. The molecule has 0 aromatic carbocycles. The molecular formula is C11H22N2O2. The Kier molecular flexibility index (Phi) is 5.05. The number of piperidine rings is 1. The molecular weight excluding hydrogens is 192 g/mol. The maximum absolute atomic E-state index is 8.87. The molecule has 0 bridgehead atoms. The maximum atomic E-state index is 8.87. The summed E-state index contributed by atoms with van der Waals surface area (Å²) in [6.07, 6.45) is 1.92. The van der Waals surface area contributed by atoms with Gasteiger partial charge in [-0.1, -0.05) is 12.1 Å². The molecule has 2 unspecified atom stereocenters. The average molecular weight is 214 g/mol. The SMILES string of the molecule is CCC1CN(C(C)COC)CCC1=NO. The molecule has 0 amide bonds. The van der Waals surface area contributed by atoms with Crippen molar-refractivity contribution in [1.29, 1.82) is 0 Å². The predicted octanol–water partition coefficient (Wildman–Crippen LogP) is 1.58. The Bertz CT molecular complexity index is 219. The van der Waals surface area contributed by atoms with Crippen molar-refractivity contribution in [3.63, 3.8) is 0 Å². The molecule has 1 heterocycles. The van der Waals surface area contributed by atoms with Crippen LogP contribution >= 0.6 is 0 Å². The van der Waals surface area contributed by atoms with Gasteiger partial charge in [-0.2, -0.15) is 0 Å². The first-order chi connectivity index (χ1) is 7.22. The van der Waals surface area contributed by atoms with E-state index in [0.717, 1.165) is 38.2 Å². The van der Waals surface area contributed by atoms with Crippen LogP contribution in [0.3, 0.4) is 0 Å². The summed E-state index contributed by atoms with van der Waals surface area (Å²) in [5, 5.41) is 12.3. The van der Waals surface area contributed by atoms with Crippen LogP contribution in [0.5, 0.6) is 0 Å². The fourth-order valence-electron chi connectivity index (χ4n) is 2.19. The Morgan fingerprint density at radius 1 is 1.67 bits per heavy atom. The fraction of sp³-hybridized carbons (Fsp3) is 0.909. The highest BCUT2D eigenvalue weighted by molar-refractivity contribution is 5.87. The van der Waals surface area contributed by atoms with Crippen molar-refractivity contribution in [3.05, 3.63) is 0 Å². The monoisotopic (exact) mass is 214 g/mol. The summed E-state index contributed by atoms with van der Waals surface area (Å²) in [7, 11) is 1.73. The van der Waals surface area contributed by atoms with Crippen LogP contribution in [0.2, 0.25) is 0 Å². The quantitative estimate of drug-likeness (QED) is 0.571. The van der Waals surface area contributed by atoms with Gasteiger partial charge in [0, 0.05) is 38.6 Å². The maximum Gasteiger partial charge on any atom is 0.0627 e. The van der Waals surface area contributed by atoms with Crippen LogP contribution < -0.4 is 0 Å². The van der Waals surface area contributed by atoms with Gasteiger partial charge in [0.05, 0.1) is 12.3 Å². The van der Waals surface area contributed by atoms with E-state index in [1.165, 1.54) is 0 Å². The Morgan fingerprint density at radius 2 is 2.40 bits per heavy atom. The molecule has 1 aliphatic heterocycles. The van der Waals surface area contributed by atoms with E-state index in [1.54, 1.807) is 7.11 Å². The summed E-state index contributed by atoms with van der Waals surface area (Å²) in [6.45, 7) is 7.04. The van der Waals surface area contributed by atoms with Crippen LogP contribution in [0.4, 0.5) is 0 Å². The Morgan fingerprint density at radius 3 is 2.93 bits per heavy atom. The van der Waals surface area contributed by atoms with Gasteiger partial charge in [-0.3, -0.25) is 4.90 Å². The molecule has 0 saturated carbocycles. The zero-order valence-corrected chi connectivity index (χ0v) is 9.94. The molecule has 2 atom stereocenters. The molecule has 0 aromatic rings. The summed E-state index contributed by atoms with van der Waals surface area (Å²) in [6, 6.07) is 0.448. The second kappa shape index (κ2) is 6.08. The average Bonchev–Trinajstić information content (AvgIpc) is 2.28. The van der Waals surface area contributed by atoms with Crippen LogP contribution in [0.1, 0.15) is 26.7 Å². The minimum Gasteiger partial charge on any atom is -0.411 e. The van der Waals surface area contributed by atoms with Crippen molar-refractivity contribution in [2.75, 3.05) is 26.8 Å². The highest BCUT2D eigenvalue weighted by Crippen LogP contribution is 2.19. The first-order valence-electron chi connectivity index (χ1n) is 5.66. The van der Waals surface area contributed by atoms with Gasteiger partial charge in [0.1, 0.15) is 0 Å². The highest BCUT2D eigenvalue weighted by Gasteiger charge is 2.27. The third kappa shape index (κ3) is 3.18. The summed E-state index contributed by atoms with van der Waals surface area (Å²) < 4.78 is 5.16. The fourth-order valence-corrected chi connectivity index (χ4v) is 2.19. The van der Waals surface area contributed by atoms with Crippen molar-refractivity contribution in [2.45, 2.75) is 32.7 Å². The molecule has 88 valence electrons. The van der Waals surface area contributed by atoms with Gasteiger partial charge in [-0.15, -0.1) is 0 Å². The number of oxime groups is 1. The van der Waals surface area contributed by atoms with Gasteiger partial charge in [-0.05, 0) is 13.3 Å². The zero-order chi connectivity index (χ0) is 11.3. The van der Waals surface area contributed by atoms with Crippen LogP contribution in [-0.2, 0) is 4.74 Å². The summed E-state index contributed by atoms with van der Waals surface area (Å²) in [4.78, 5) is 2.41. The lowest BCUT2D eigenvalue weighted by atomic mass is 9.92.